The molecule has 22 heavy (non-hydrogen) atoms. The molecular weight excluding hydrogens is 276 g/mol. The summed E-state index contributed by atoms with van der Waals surface area (Å²) in [5.41, 5.74) is 0.495. The molecule has 0 aliphatic rings. The van der Waals surface area contributed by atoms with Crippen molar-refractivity contribution >= 4 is 27.5 Å². The van der Waals surface area contributed by atoms with E-state index < -0.39 is 5.34 Å². The predicted octanol–water partition coefficient (Wildman–Crippen LogP) is 1.13. The second-order valence-corrected chi connectivity index (χ2v) is 4.63. The van der Waals surface area contributed by atoms with Gasteiger partial charge in [-0.2, -0.15) is 0 Å². The Balaban J connectivity index is 0.00000211. The Morgan fingerprint density at radius 1 is 1.23 bits per heavy atom. The first-order chi connectivity index (χ1) is 10.2. The summed E-state index contributed by atoms with van der Waals surface area (Å²) in [6.07, 6.45) is 0. The van der Waals surface area contributed by atoms with E-state index >= 15 is 0 Å². The van der Waals surface area contributed by atoms with Gasteiger partial charge in [0, 0.05) is 38.6 Å². The average molecular weight is 299 g/mol. The highest BCUT2D eigenvalue weighted by Gasteiger charge is 2.28. The fourth-order valence-electron chi connectivity index (χ4n) is 1.55. The molecular formula is C15H23B2N3O2. The van der Waals surface area contributed by atoms with E-state index in [0.29, 0.717) is 6.54 Å². The van der Waals surface area contributed by atoms with Gasteiger partial charge in [0.25, 0.3) is 5.91 Å². The Morgan fingerprint density at radius 2 is 1.77 bits per heavy atom. The van der Waals surface area contributed by atoms with Gasteiger partial charge in [-0.1, -0.05) is 19.9 Å². The van der Waals surface area contributed by atoms with Crippen molar-refractivity contribution in [2.75, 3.05) is 20.6 Å². The van der Waals surface area contributed by atoms with Gasteiger partial charge in [0.2, 0.25) is 5.91 Å². The van der Waals surface area contributed by atoms with Crippen LogP contribution in [0.3, 0.4) is 0 Å². The Kier molecular flexibility index (Phi) is 7.91. The summed E-state index contributed by atoms with van der Waals surface area (Å²) in [6.45, 7) is 7.78. The Hall–Kier alpha value is -1.78. The van der Waals surface area contributed by atoms with Crippen LogP contribution in [0, 0.1) is 0 Å². The highest BCUT2D eigenvalue weighted by atomic mass is 16.2. The number of hydrogen-bond acceptors (Lipinski definition) is 3. The van der Waals surface area contributed by atoms with Gasteiger partial charge >= 0.3 is 0 Å². The largest absolute Gasteiger partial charge is 0.352 e. The molecule has 4 radical (unpaired) electrons. The molecule has 116 valence electrons. The van der Waals surface area contributed by atoms with Gasteiger partial charge in [0.15, 0.2) is 0 Å². The lowest BCUT2D eigenvalue weighted by Gasteiger charge is -2.36. The minimum Gasteiger partial charge on any atom is -0.352 e. The lowest BCUT2D eigenvalue weighted by molar-refractivity contribution is -0.129. The highest BCUT2D eigenvalue weighted by molar-refractivity contribution is 6.40. The van der Waals surface area contributed by atoms with Crippen LogP contribution in [0.1, 0.15) is 43.9 Å². The van der Waals surface area contributed by atoms with Crippen molar-refractivity contribution in [2.45, 2.75) is 33.0 Å². The summed E-state index contributed by atoms with van der Waals surface area (Å²) < 4.78 is 0. The molecule has 1 aromatic heterocycles. The molecule has 0 aliphatic carbocycles. The van der Waals surface area contributed by atoms with Crippen molar-refractivity contribution in [3.8, 4) is 0 Å². The van der Waals surface area contributed by atoms with Crippen LogP contribution in [0.5, 0.6) is 0 Å². The number of pyridine rings is 1. The fourth-order valence-corrected chi connectivity index (χ4v) is 1.55. The predicted molar refractivity (Wildman–Crippen MR) is 89.8 cm³/mol. The number of nitrogens with zero attached hydrogens (tertiary/aromatic N) is 3. The van der Waals surface area contributed by atoms with Crippen LogP contribution in [0.25, 0.3) is 0 Å². The van der Waals surface area contributed by atoms with E-state index in [1.807, 2.05) is 20.8 Å². The van der Waals surface area contributed by atoms with Gasteiger partial charge in [-0.3, -0.25) is 9.59 Å². The lowest BCUT2D eigenvalue weighted by Crippen LogP contribution is -2.48. The highest BCUT2D eigenvalue weighted by Crippen LogP contribution is 2.19. The minimum atomic E-state index is -1.56. The Bertz CT molecular complexity index is 521. The third-order valence-corrected chi connectivity index (χ3v) is 3.23. The molecule has 0 atom stereocenters. The second-order valence-electron chi connectivity index (χ2n) is 4.63. The van der Waals surface area contributed by atoms with Crippen molar-refractivity contribution in [3.05, 3.63) is 29.6 Å². The summed E-state index contributed by atoms with van der Waals surface area (Å²) in [6, 6.07) is 4.81. The zero-order chi connectivity index (χ0) is 17.5. The molecule has 7 heteroatoms. The van der Waals surface area contributed by atoms with E-state index in [-0.39, 0.29) is 23.2 Å². The third kappa shape index (κ3) is 4.61. The van der Waals surface area contributed by atoms with Gasteiger partial charge in [-0.15, -0.1) is 0 Å². The zero-order valence-electron chi connectivity index (χ0n) is 14.3. The van der Waals surface area contributed by atoms with Crippen LogP contribution in [-0.4, -0.2) is 62.9 Å². The molecule has 0 bridgehead atoms. The van der Waals surface area contributed by atoms with Gasteiger partial charge in [-0.05, 0) is 19.1 Å². The van der Waals surface area contributed by atoms with Crippen LogP contribution >= 0.6 is 0 Å². The molecule has 0 N–H and O–H groups in total. The van der Waals surface area contributed by atoms with Crippen molar-refractivity contribution in [2.24, 2.45) is 0 Å². The first-order valence-corrected chi connectivity index (χ1v) is 7.27. The van der Waals surface area contributed by atoms with Crippen molar-refractivity contribution in [1.82, 2.24) is 14.8 Å². The summed E-state index contributed by atoms with van der Waals surface area (Å²) in [5.74, 6) is -0.519. The van der Waals surface area contributed by atoms with E-state index in [9.17, 15) is 9.59 Å². The molecule has 0 aliphatic heterocycles. The van der Waals surface area contributed by atoms with E-state index in [1.54, 1.807) is 25.2 Å². The topological polar surface area (TPSA) is 53.5 Å². The van der Waals surface area contributed by atoms with Crippen LogP contribution in [0.4, 0.5) is 0 Å². The van der Waals surface area contributed by atoms with Crippen molar-refractivity contribution in [3.63, 3.8) is 0 Å². The molecule has 0 aromatic carbocycles. The maximum Gasteiger partial charge on any atom is 0.272 e. The van der Waals surface area contributed by atoms with Crippen LogP contribution < -0.4 is 0 Å². The fraction of sp³-hybridized carbons (Fsp3) is 0.533. The monoisotopic (exact) mass is 299 g/mol. The molecule has 1 aromatic rings. The molecule has 0 unspecified atom stereocenters. The van der Waals surface area contributed by atoms with Gasteiger partial charge in [0.1, 0.15) is 5.69 Å². The molecule has 0 spiro atoms. The maximum atomic E-state index is 12.1. The summed E-state index contributed by atoms with van der Waals surface area (Å²) in [4.78, 5) is 30.3. The number of aromatic nitrogens is 1. The Morgan fingerprint density at radius 3 is 2.23 bits per heavy atom. The second kappa shape index (κ2) is 8.61. The Labute approximate surface area is 135 Å². The SMILES string of the molecule is CC.[B]C([B])(c1cccc(C(=O)N(C)CC)n1)N(C)C(C)=O. The molecule has 1 rings (SSSR count). The van der Waals surface area contributed by atoms with Crippen LogP contribution in [-0.2, 0) is 10.1 Å². The quantitative estimate of drug-likeness (QED) is 0.783. The summed E-state index contributed by atoms with van der Waals surface area (Å²) >= 11 is 0. The number of carbonyl (C=O) groups is 2. The normalized spacial score (nSPS) is 10.3. The molecule has 2 amide bonds. The molecule has 0 saturated carbocycles. The number of hydrogen-bond donors (Lipinski definition) is 0. The first-order valence-electron chi connectivity index (χ1n) is 7.27. The molecule has 0 fully saturated rings. The van der Waals surface area contributed by atoms with E-state index in [2.05, 4.69) is 4.98 Å². The maximum absolute atomic E-state index is 12.1. The number of carbonyl (C=O) groups excluding carboxylic acids is 2. The van der Waals surface area contributed by atoms with Crippen molar-refractivity contribution in [1.29, 1.82) is 0 Å². The van der Waals surface area contributed by atoms with Crippen LogP contribution in [0.15, 0.2) is 18.2 Å². The third-order valence-electron chi connectivity index (χ3n) is 3.23. The van der Waals surface area contributed by atoms with Gasteiger partial charge < -0.3 is 9.80 Å². The van der Waals surface area contributed by atoms with E-state index in [1.165, 1.54) is 23.8 Å². The number of rotatable bonds is 4. The lowest BCUT2D eigenvalue weighted by atomic mass is 9.58. The van der Waals surface area contributed by atoms with Gasteiger partial charge in [-0.25, -0.2) is 4.98 Å². The average Bonchev–Trinajstić information content (AvgIpc) is 2.54. The minimum absolute atomic E-state index is 0.226. The molecule has 0 saturated heterocycles. The van der Waals surface area contributed by atoms with E-state index in [4.69, 9.17) is 15.7 Å². The van der Waals surface area contributed by atoms with E-state index in [0.717, 1.165) is 0 Å². The standard InChI is InChI=1S/C13H17B2N3O2.C2H6/c1-5-17(3)12(20)10-7-6-8-11(16-10)13(14,15)18(4)9(2)19;1-2/h6-8H,5H2,1-4H3;1-2H3. The first kappa shape index (κ1) is 20.2. The summed E-state index contributed by atoms with van der Waals surface area (Å²) in [5, 5.41) is -1.56. The summed E-state index contributed by atoms with van der Waals surface area (Å²) in [7, 11) is 15.1. The smallest absolute Gasteiger partial charge is 0.272 e. The number of amides is 2. The van der Waals surface area contributed by atoms with Crippen LogP contribution in [0.2, 0.25) is 0 Å². The van der Waals surface area contributed by atoms with Gasteiger partial charge in [0.05, 0.1) is 15.7 Å². The molecule has 1 heterocycles. The molecule has 5 nitrogen and oxygen atoms in total. The van der Waals surface area contributed by atoms with Crippen molar-refractivity contribution < 1.29 is 9.59 Å². The zero-order valence-corrected chi connectivity index (χ0v) is 14.3.